The molecule has 0 amide bonds. The quantitative estimate of drug-likeness (QED) is 0.769. The lowest BCUT2D eigenvalue weighted by Gasteiger charge is -2.07. The summed E-state index contributed by atoms with van der Waals surface area (Å²) >= 11 is 0. The third kappa shape index (κ3) is 2.92. The molecule has 1 aliphatic rings. The molecule has 2 rings (SSSR count). The third-order valence-corrected chi connectivity index (χ3v) is 2.81. The molecule has 1 aromatic rings. The summed E-state index contributed by atoms with van der Waals surface area (Å²) in [4.78, 5) is 0. The molecule has 1 aromatic heterocycles. The van der Waals surface area contributed by atoms with Crippen LogP contribution in [-0.4, -0.2) is 23.8 Å². The minimum absolute atomic E-state index is 0.548. The first-order chi connectivity index (χ1) is 7.38. The molecule has 5 nitrogen and oxygen atoms in total. The van der Waals surface area contributed by atoms with Gasteiger partial charge in [0.05, 0.1) is 6.54 Å². The Kier molecular flexibility index (Phi) is 3.55. The molecule has 1 saturated carbocycles. The molecule has 1 aliphatic carbocycles. The van der Waals surface area contributed by atoms with Crippen molar-refractivity contribution in [3.63, 3.8) is 0 Å². The minimum atomic E-state index is 0.548. The van der Waals surface area contributed by atoms with E-state index < -0.39 is 0 Å². The van der Waals surface area contributed by atoms with E-state index in [0.29, 0.717) is 18.5 Å². The number of nitrogens with one attached hydrogen (secondary N) is 2. The van der Waals surface area contributed by atoms with Crippen molar-refractivity contribution in [2.75, 3.05) is 18.9 Å². The van der Waals surface area contributed by atoms with E-state index in [2.05, 4.69) is 20.8 Å². The number of rotatable bonds is 5. The molecule has 0 atom stereocenters. The fourth-order valence-electron chi connectivity index (χ4n) is 1.99. The normalized spacial score (nSPS) is 17.1. The van der Waals surface area contributed by atoms with Gasteiger partial charge in [-0.25, -0.2) is 0 Å². The number of hydrogen-bond donors (Lipinski definition) is 2. The zero-order valence-electron chi connectivity index (χ0n) is 9.12. The van der Waals surface area contributed by atoms with Crippen molar-refractivity contribution < 1.29 is 4.42 Å². The smallest absolute Gasteiger partial charge is 0.315 e. The van der Waals surface area contributed by atoms with Gasteiger partial charge >= 0.3 is 6.01 Å². The van der Waals surface area contributed by atoms with Crippen molar-refractivity contribution in [3.8, 4) is 0 Å². The lowest BCUT2D eigenvalue weighted by molar-refractivity contribution is 0.482. The average molecular weight is 210 g/mol. The number of nitrogens with zero attached hydrogens (tertiary/aromatic N) is 2. The van der Waals surface area contributed by atoms with Crippen LogP contribution in [0.5, 0.6) is 0 Å². The van der Waals surface area contributed by atoms with Crippen molar-refractivity contribution in [1.29, 1.82) is 0 Å². The van der Waals surface area contributed by atoms with Gasteiger partial charge in [0.1, 0.15) is 0 Å². The molecule has 2 N–H and O–H groups in total. The van der Waals surface area contributed by atoms with Crippen molar-refractivity contribution in [2.24, 2.45) is 5.92 Å². The largest absolute Gasteiger partial charge is 0.407 e. The van der Waals surface area contributed by atoms with Crippen LogP contribution in [0, 0.1) is 5.92 Å². The topological polar surface area (TPSA) is 63.0 Å². The maximum absolute atomic E-state index is 5.39. The fourth-order valence-corrected chi connectivity index (χ4v) is 1.99. The van der Waals surface area contributed by atoms with Crippen molar-refractivity contribution >= 4 is 6.01 Å². The van der Waals surface area contributed by atoms with E-state index in [9.17, 15) is 0 Å². The summed E-state index contributed by atoms with van der Waals surface area (Å²) in [5, 5.41) is 14.0. The predicted molar refractivity (Wildman–Crippen MR) is 57.5 cm³/mol. The van der Waals surface area contributed by atoms with Crippen LogP contribution in [0.3, 0.4) is 0 Å². The summed E-state index contributed by atoms with van der Waals surface area (Å²) in [7, 11) is 1.86. The third-order valence-electron chi connectivity index (χ3n) is 2.81. The molecule has 0 aliphatic heterocycles. The molecule has 1 fully saturated rings. The molecule has 1 heterocycles. The van der Waals surface area contributed by atoms with Crippen LogP contribution in [0.25, 0.3) is 0 Å². The standard InChI is InChI=1S/C10H18N4O/c1-11-7-9-13-14-10(15-9)12-6-8-4-2-3-5-8/h8,11H,2-7H2,1H3,(H,12,14). The van der Waals surface area contributed by atoms with Crippen molar-refractivity contribution in [2.45, 2.75) is 32.2 Å². The Bertz CT molecular complexity index is 293. The van der Waals surface area contributed by atoms with Crippen LogP contribution in [-0.2, 0) is 6.54 Å². The van der Waals surface area contributed by atoms with Crippen LogP contribution in [0.4, 0.5) is 6.01 Å². The van der Waals surface area contributed by atoms with Gasteiger partial charge in [-0.2, -0.15) is 0 Å². The second-order valence-electron chi connectivity index (χ2n) is 4.06. The second-order valence-corrected chi connectivity index (χ2v) is 4.06. The minimum Gasteiger partial charge on any atom is -0.407 e. The molecule has 5 heteroatoms. The molecule has 0 bridgehead atoms. The summed E-state index contributed by atoms with van der Waals surface area (Å²) in [6.45, 7) is 1.58. The Labute approximate surface area is 89.6 Å². The van der Waals surface area contributed by atoms with Gasteiger partial charge in [-0.15, -0.1) is 5.10 Å². The van der Waals surface area contributed by atoms with Gasteiger partial charge in [-0.05, 0) is 25.8 Å². The fraction of sp³-hybridized carbons (Fsp3) is 0.800. The van der Waals surface area contributed by atoms with Crippen LogP contribution in [0.2, 0.25) is 0 Å². The molecule has 0 aromatic carbocycles. The van der Waals surface area contributed by atoms with E-state index in [4.69, 9.17) is 4.42 Å². The molecule has 0 radical (unpaired) electrons. The van der Waals surface area contributed by atoms with Gasteiger partial charge < -0.3 is 15.1 Å². The van der Waals surface area contributed by atoms with Crippen LogP contribution in [0.15, 0.2) is 4.42 Å². The van der Waals surface area contributed by atoms with Gasteiger partial charge in [0.2, 0.25) is 5.89 Å². The first kappa shape index (κ1) is 10.4. The summed E-state index contributed by atoms with van der Waals surface area (Å²) in [6.07, 6.45) is 5.37. The number of anilines is 1. The van der Waals surface area contributed by atoms with Gasteiger partial charge in [-0.1, -0.05) is 17.9 Å². The zero-order valence-corrected chi connectivity index (χ0v) is 9.12. The highest BCUT2D eigenvalue weighted by Crippen LogP contribution is 2.24. The molecule has 0 spiro atoms. The van der Waals surface area contributed by atoms with E-state index in [-0.39, 0.29) is 0 Å². The highest BCUT2D eigenvalue weighted by atomic mass is 16.4. The Morgan fingerprint density at radius 2 is 2.13 bits per heavy atom. The average Bonchev–Trinajstić information content (AvgIpc) is 2.85. The summed E-state index contributed by atoms with van der Waals surface area (Å²) in [5.74, 6) is 1.41. The van der Waals surface area contributed by atoms with Crippen molar-refractivity contribution in [3.05, 3.63) is 5.89 Å². The lowest BCUT2D eigenvalue weighted by atomic mass is 10.1. The Balaban J connectivity index is 1.77. The second kappa shape index (κ2) is 5.11. The Morgan fingerprint density at radius 3 is 2.87 bits per heavy atom. The highest BCUT2D eigenvalue weighted by Gasteiger charge is 2.15. The summed E-state index contributed by atoms with van der Waals surface area (Å²) in [6, 6.07) is 0.548. The SMILES string of the molecule is CNCc1nnc(NCC2CCCC2)o1. The van der Waals surface area contributed by atoms with Crippen LogP contribution in [0.1, 0.15) is 31.6 Å². The lowest BCUT2D eigenvalue weighted by Crippen LogP contribution is -2.11. The van der Waals surface area contributed by atoms with Gasteiger partial charge in [0.25, 0.3) is 0 Å². The summed E-state index contributed by atoms with van der Waals surface area (Å²) < 4.78 is 5.39. The van der Waals surface area contributed by atoms with E-state index in [1.54, 1.807) is 0 Å². The molecule has 0 unspecified atom stereocenters. The van der Waals surface area contributed by atoms with E-state index in [1.165, 1.54) is 25.7 Å². The monoisotopic (exact) mass is 210 g/mol. The Morgan fingerprint density at radius 1 is 1.33 bits per heavy atom. The zero-order chi connectivity index (χ0) is 10.5. The van der Waals surface area contributed by atoms with E-state index in [0.717, 1.165) is 12.5 Å². The number of hydrogen-bond acceptors (Lipinski definition) is 5. The molecule has 0 saturated heterocycles. The molecular weight excluding hydrogens is 192 g/mol. The predicted octanol–water partition coefficient (Wildman–Crippen LogP) is 1.39. The van der Waals surface area contributed by atoms with Gasteiger partial charge in [0.15, 0.2) is 0 Å². The van der Waals surface area contributed by atoms with E-state index in [1.807, 2.05) is 7.05 Å². The van der Waals surface area contributed by atoms with Crippen molar-refractivity contribution in [1.82, 2.24) is 15.5 Å². The Hall–Kier alpha value is -1.10. The maximum Gasteiger partial charge on any atom is 0.315 e. The first-order valence-electron chi connectivity index (χ1n) is 5.59. The van der Waals surface area contributed by atoms with Crippen LogP contribution < -0.4 is 10.6 Å². The first-order valence-corrected chi connectivity index (χ1v) is 5.59. The van der Waals surface area contributed by atoms with Crippen LogP contribution >= 0.6 is 0 Å². The van der Waals surface area contributed by atoms with Gasteiger partial charge in [0, 0.05) is 6.54 Å². The van der Waals surface area contributed by atoms with Gasteiger partial charge in [-0.3, -0.25) is 0 Å². The molecule has 84 valence electrons. The molecular formula is C10H18N4O. The number of aromatic nitrogens is 2. The molecule has 15 heavy (non-hydrogen) atoms. The maximum atomic E-state index is 5.39. The summed E-state index contributed by atoms with van der Waals surface area (Å²) in [5.41, 5.74) is 0. The highest BCUT2D eigenvalue weighted by molar-refractivity contribution is 5.16. The van der Waals surface area contributed by atoms with E-state index >= 15 is 0 Å².